The Morgan fingerprint density at radius 3 is 2.46 bits per heavy atom. The van der Waals surface area contributed by atoms with E-state index in [0.717, 1.165) is 18.2 Å². The van der Waals surface area contributed by atoms with Crippen LogP contribution in [0, 0.1) is 11.6 Å². The number of aliphatic hydroxyl groups is 1. The first-order valence-electron chi connectivity index (χ1n) is 8.47. The standard InChI is InChI=1S/C19H17F5N2O2/c1-17(28,12-6-5-11(20)9-13(12)21)10-16(27)26-18(7-8-18)14-3-2-4-15(25-14)19(22,23)24/h2-6,9,28H,7-8,10H2,1H3,(H,26,27). The summed E-state index contributed by atoms with van der Waals surface area (Å²) in [6, 6.07) is 6.03. The van der Waals surface area contributed by atoms with Crippen molar-refractivity contribution in [2.45, 2.75) is 43.5 Å². The highest BCUT2D eigenvalue weighted by molar-refractivity contribution is 5.78. The van der Waals surface area contributed by atoms with Crippen molar-refractivity contribution >= 4 is 5.91 Å². The van der Waals surface area contributed by atoms with Gasteiger partial charge in [0.1, 0.15) is 17.3 Å². The third-order valence-electron chi connectivity index (χ3n) is 4.67. The summed E-state index contributed by atoms with van der Waals surface area (Å²) in [6.07, 6.45) is -4.39. The van der Waals surface area contributed by atoms with Gasteiger partial charge in [-0.2, -0.15) is 13.2 Å². The van der Waals surface area contributed by atoms with Gasteiger partial charge in [0.05, 0.1) is 23.3 Å². The van der Waals surface area contributed by atoms with Crippen molar-refractivity contribution in [1.29, 1.82) is 0 Å². The molecule has 1 heterocycles. The number of carbonyl (C=O) groups excluding carboxylic acids is 1. The zero-order chi connectivity index (χ0) is 20.7. The van der Waals surface area contributed by atoms with E-state index in [1.165, 1.54) is 19.1 Å². The molecular formula is C19H17F5N2O2. The third kappa shape index (κ3) is 4.14. The number of halogens is 5. The van der Waals surface area contributed by atoms with Gasteiger partial charge in [0.2, 0.25) is 5.91 Å². The van der Waals surface area contributed by atoms with Gasteiger partial charge in [0, 0.05) is 11.6 Å². The van der Waals surface area contributed by atoms with Crippen molar-refractivity contribution in [2.75, 3.05) is 0 Å². The summed E-state index contributed by atoms with van der Waals surface area (Å²) < 4.78 is 65.6. The first-order chi connectivity index (χ1) is 12.9. The van der Waals surface area contributed by atoms with Crippen LogP contribution in [0.15, 0.2) is 36.4 Å². The van der Waals surface area contributed by atoms with E-state index in [1.54, 1.807) is 0 Å². The van der Waals surface area contributed by atoms with Gasteiger partial charge < -0.3 is 10.4 Å². The largest absolute Gasteiger partial charge is 0.433 e. The molecule has 3 rings (SSSR count). The summed E-state index contributed by atoms with van der Waals surface area (Å²) in [6.45, 7) is 1.20. The van der Waals surface area contributed by atoms with Crippen molar-refractivity contribution in [1.82, 2.24) is 10.3 Å². The molecule has 1 atom stereocenters. The smallest absolute Gasteiger partial charge is 0.385 e. The predicted octanol–water partition coefficient (Wildman–Crippen LogP) is 3.78. The molecule has 4 nitrogen and oxygen atoms in total. The number of hydrogen-bond acceptors (Lipinski definition) is 3. The fraction of sp³-hybridized carbons (Fsp3) is 0.368. The maximum absolute atomic E-state index is 13.9. The SMILES string of the molecule is CC(O)(CC(=O)NC1(c2cccc(C(F)(F)F)n2)CC1)c1ccc(F)cc1F. The quantitative estimate of drug-likeness (QED) is 0.751. The van der Waals surface area contributed by atoms with Gasteiger partial charge in [-0.25, -0.2) is 13.8 Å². The topological polar surface area (TPSA) is 62.2 Å². The molecule has 1 unspecified atom stereocenters. The molecule has 2 N–H and O–H groups in total. The molecule has 1 fully saturated rings. The Kier molecular flexibility index (Phi) is 4.91. The first kappa shape index (κ1) is 20.2. The van der Waals surface area contributed by atoms with E-state index in [1.807, 2.05) is 0 Å². The molecule has 1 aliphatic rings. The monoisotopic (exact) mass is 400 g/mol. The van der Waals surface area contributed by atoms with Crippen molar-refractivity contribution < 1.29 is 31.9 Å². The van der Waals surface area contributed by atoms with E-state index in [9.17, 15) is 31.9 Å². The molecule has 1 aromatic heterocycles. The zero-order valence-corrected chi connectivity index (χ0v) is 14.8. The maximum Gasteiger partial charge on any atom is 0.433 e. The average molecular weight is 400 g/mol. The minimum atomic E-state index is -4.61. The van der Waals surface area contributed by atoms with Crippen LogP contribution in [0.2, 0.25) is 0 Å². The highest BCUT2D eigenvalue weighted by Crippen LogP contribution is 2.45. The van der Waals surface area contributed by atoms with Gasteiger partial charge in [-0.05, 0) is 38.0 Å². The van der Waals surface area contributed by atoms with Gasteiger partial charge in [-0.1, -0.05) is 12.1 Å². The number of rotatable bonds is 5. The lowest BCUT2D eigenvalue weighted by Crippen LogP contribution is -2.40. The van der Waals surface area contributed by atoms with Crippen LogP contribution >= 0.6 is 0 Å². The molecule has 0 spiro atoms. The summed E-state index contributed by atoms with van der Waals surface area (Å²) in [7, 11) is 0. The van der Waals surface area contributed by atoms with E-state index >= 15 is 0 Å². The molecule has 150 valence electrons. The summed E-state index contributed by atoms with van der Waals surface area (Å²) in [4.78, 5) is 16.0. The van der Waals surface area contributed by atoms with Crippen molar-refractivity contribution in [2.24, 2.45) is 0 Å². The Hall–Kier alpha value is -2.55. The van der Waals surface area contributed by atoms with Gasteiger partial charge in [0.25, 0.3) is 0 Å². The summed E-state index contributed by atoms with van der Waals surface area (Å²) in [5, 5.41) is 13.1. The van der Waals surface area contributed by atoms with Gasteiger partial charge in [-0.3, -0.25) is 4.79 Å². The number of nitrogens with one attached hydrogen (secondary N) is 1. The second-order valence-electron chi connectivity index (χ2n) is 7.11. The lowest BCUT2D eigenvalue weighted by Gasteiger charge is -2.26. The van der Waals surface area contributed by atoms with Crippen LogP contribution in [-0.2, 0) is 22.1 Å². The van der Waals surface area contributed by atoms with Crippen LogP contribution in [0.3, 0.4) is 0 Å². The van der Waals surface area contributed by atoms with Gasteiger partial charge in [-0.15, -0.1) is 0 Å². The number of alkyl halides is 3. The highest BCUT2D eigenvalue weighted by atomic mass is 19.4. The second-order valence-corrected chi connectivity index (χ2v) is 7.11. The second kappa shape index (κ2) is 6.80. The highest BCUT2D eigenvalue weighted by Gasteiger charge is 2.48. The lowest BCUT2D eigenvalue weighted by molar-refractivity contribution is -0.141. The normalized spacial score (nSPS) is 17.7. The van der Waals surface area contributed by atoms with Crippen LogP contribution in [0.4, 0.5) is 22.0 Å². The molecule has 28 heavy (non-hydrogen) atoms. The molecule has 1 aromatic carbocycles. The molecular weight excluding hydrogens is 383 g/mol. The molecule has 1 saturated carbocycles. The van der Waals surface area contributed by atoms with E-state index < -0.39 is 47.0 Å². The molecule has 0 saturated heterocycles. The van der Waals surface area contributed by atoms with E-state index in [4.69, 9.17) is 0 Å². The van der Waals surface area contributed by atoms with Crippen LogP contribution < -0.4 is 5.32 Å². The molecule has 2 aromatic rings. The van der Waals surface area contributed by atoms with E-state index in [0.29, 0.717) is 18.9 Å². The number of nitrogens with zero attached hydrogens (tertiary/aromatic N) is 1. The van der Waals surface area contributed by atoms with Crippen molar-refractivity contribution in [3.05, 3.63) is 65.0 Å². The third-order valence-corrected chi connectivity index (χ3v) is 4.67. The number of benzene rings is 1. The van der Waals surface area contributed by atoms with Crippen LogP contribution in [0.25, 0.3) is 0 Å². The maximum atomic E-state index is 13.9. The molecule has 1 aliphatic carbocycles. The number of carbonyl (C=O) groups is 1. The Morgan fingerprint density at radius 2 is 1.89 bits per heavy atom. The van der Waals surface area contributed by atoms with Gasteiger partial charge >= 0.3 is 6.18 Å². The average Bonchev–Trinajstić information content (AvgIpc) is 3.33. The summed E-state index contributed by atoms with van der Waals surface area (Å²) in [5.74, 6) is -2.52. The Morgan fingerprint density at radius 1 is 1.21 bits per heavy atom. The fourth-order valence-corrected chi connectivity index (χ4v) is 3.07. The number of aromatic nitrogens is 1. The number of amides is 1. The Labute approximate surface area is 157 Å². The van der Waals surface area contributed by atoms with Crippen molar-refractivity contribution in [3.63, 3.8) is 0 Å². The fourth-order valence-electron chi connectivity index (χ4n) is 3.07. The molecule has 1 amide bonds. The molecule has 0 aliphatic heterocycles. The van der Waals surface area contributed by atoms with E-state index in [-0.39, 0.29) is 11.3 Å². The van der Waals surface area contributed by atoms with Crippen molar-refractivity contribution in [3.8, 4) is 0 Å². The first-order valence-corrected chi connectivity index (χ1v) is 8.47. The van der Waals surface area contributed by atoms with Crippen LogP contribution in [0.5, 0.6) is 0 Å². The zero-order valence-electron chi connectivity index (χ0n) is 14.8. The summed E-state index contributed by atoms with van der Waals surface area (Å²) in [5.41, 5.74) is -4.23. The number of hydrogen-bond donors (Lipinski definition) is 2. The Bertz CT molecular complexity index is 907. The minimum Gasteiger partial charge on any atom is -0.385 e. The predicted molar refractivity (Wildman–Crippen MR) is 88.8 cm³/mol. The summed E-state index contributed by atoms with van der Waals surface area (Å²) >= 11 is 0. The Balaban J connectivity index is 1.76. The van der Waals surface area contributed by atoms with E-state index in [2.05, 4.69) is 10.3 Å². The molecule has 0 radical (unpaired) electrons. The lowest BCUT2D eigenvalue weighted by atomic mass is 9.91. The minimum absolute atomic E-state index is 0.0725. The number of pyridine rings is 1. The molecule has 0 bridgehead atoms. The van der Waals surface area contributed by atoms with Gasteiger partial charge in [0.15, 0.2) is 0 Å². The van der Waals surface area contributed by atoms with Crippen LogP contribution in [-0.4, -0.2) is 16.0 Å². The molecule has 9 heteroatoms. The van der Waals surface area contributed by atoms with Crippen LogP contribution in [0.1, 0.15) is 43.1 Å².